The zero-order valence-electron chi connectivity index (χ0n) is 9.37. The molecule has 0 aliphatic rings. The third-order valence-corrected chi connectivity index (χ3v) is 3.93. The molecular formula is C11H19NOS. The predicted octanol–water partition coefficient (Wildman–Crippen LogP) is 3.27. The van der Waals surface area contributed by atoms with Gasteiger partial charge in [-0.15, -0.1) is 11.3 Å². The third-order valence-electron chi connectivity index (χ3n) is 2.46. The molecule has 0 aliphatic heterocycles. The van der Waals surface area contributed by atoms with Crippen LogP contribution in [0, 0.1) is 0 Å². The maximum atomic E-state index is 9.80. The molecule has 0 aromatic carbocycles. The van der Waals surface area contributed by atoms with Crippen molar-refractivity contribution >= 4 is 11.3 Å². The van der Waals surface area contributed by atoms with Crippen molar-refractivity contribution < 1.29 is 5.11 Å². The molecule has 1 aromatic rings. The second-order valence-electron chi connectivity index (χ2n) is 4.14. The lowest BCUT2D eigenvalue weighted by molar-refractivity contribution is 0.0823. The van der Waals surface area contributed by atoms with Gasteiger partial charge >= 0.3 is 0 Å². The molecule has 1 heterocycles. The van der Waals surface area contributed by atoms with Crippen molar-refractivity contribution in [3.8, 4) is 0 Å². The Kier molecular flexibility index (Phi) is 3.67. The molecule has 0 radical (unpaired) electrons. The van der Waals surface area contributed by atoms with E-state index in [2.05, 4.69) is 18.8 Å². The fraction of sp³-hybridized carbons (Fsp3) is 0.727. The Labute approximate surface area is 90.0 Å². The normalized spacial score (nSPS) is 12.4. The standard InChI is InChI=1S/C11H19NOS/c1-5-8(6-2)10-12-7-9(14-10)11(3,4)13/h7-8,13H,5-6H2,1-4H3. The second kappa shape index (κ2) is 4.41. The van der Waals surface area contributed by atoms with Crippen LogP contribution in [0.4, 0.5) is 0 Å². The van der Waals surface area contributed by atoms with Crippen LogP contribution in [0.5, 0.6) is 0 Å². The molecule has 1 aromatic heterocycles. The third kappa shape index (κ3) is 2.55. The van der Waals surface area contributed by atoms with E-state index in [-0.39, 0.29) is 0 Å². The maximum absolute atomic E-state index is 9.80. The average molecular weight is 213 g/mol. The molecule has 0 saturated heterocycles. The van der Waals surface area contributed by atoms with Crippen LogP contribution >= 0.6 is 11.3 Å². The van der Waals surface area contributed by atoms with E-state index in [0.29, 0.717) is 5.92 Å². The summed E-state index contributed by atoms with van der Waals surface area (Å²) in [6.07, 6.45) is 4.04. The number of hydrogen-bond donors (Lipinski definition) is 1. The summed E-state index contributed by atoms with van der Waals surface area (Å²) in [7, 11) is 0. The number of aliphatic hydroxyl groups is 1. The van der Waals surface area contributed by atoms with Crippen LogP contribution in [0.15, 0.2) is 6.20 Å². The van der Waals surface area contributed by atoms with E-state index in [0.717, 1.165) is 22.7 Å². The molecule has 1 N–H and O–H groups in total. The molecule has 0 unspecified atom stereocenters. The van der Waals surface area contributed by atoms with E-state index >= 15 is 0 Å². The monoisotopic (exact) mass is 213 g/mol. The Morgan fingerprint density at radius 3 is 2.36 bits per heavy atom. The van der Waals surface area contributed by atoms with Gasteiger partial charge in [-0.05, 0) is 26.7 Å². The summed E-state index contributed by atoms with van der Waals surface area (Å²) < 4.78 is 0. The second-order valence-corrected chi connectivity index (χ2v) is 5.20. The highest BCUT2D eigenvalue weighted by Gasteiger charge is 2.21. The van der Waals surface area contributed by atoms with Crippen molar-refractivity contribution in [3.05, 3.63) is 16.1 Å². The summed E-state index contributed by atoms with van der Waals surface area (Å²) in [5.74, 6) is 0.552. The lowest BCUT2D eigenvalue weighted by Gasteiger charge is -2.13. The smallest absolute Gasteiger partial charge is 0.0959 e. The van der Waals surface area contributed by atoms with Gasteiger partial charge in [0.25, 0.3) is 0 Å². The van der Waals surface area contributed by atoms with Crippen molar-refractivity contribution in [1.29, 1.82) is 0 Å². The number of hydrogen-bond acceptors (Lipinski definition) is 3. The van der Waals surface area contributed by atoms with Crippen molar-refractivity contribution in [2.75, 3.05) is 0 Å². The summed E-state index contributed by atoms with van der Waals surface area (Å²) in [5, 5.41) is 11.0. The minimum absolute atomic E-state index is 0.552. The van der Waals surface area contributed by atoms with Gasteiger partial charge in [0.1, 0.15) is 0 Å². The van der Waals surface area contributed by atoms with Crippen molar-refractivity contribution in [2.24, 2.45) is 0 Å². The molecule has 0 fully saturated rings. The first-order chi connectivity index (χ1) is 6.49. The molecule has 14 heavy (non-hydrogen) atoms. The topological polar surface area (TPSA) is 33.1 Å². The Balaban J connectivity index is 2.87. The fourth-order valence-corrected chi connectivity index (χ4v) is 2.58. The Morgan fingerprint density at radius 2 is 2.00 bits per heavy atom. The van der Waals surface area contributed by atoms with Gasteiger partial charge < -0.3 is 5.11 Å². The van der Waals surface area contributed by atoms with Crippen LogP contribution in [-0.4, -0.2) is 10.1 Å². The van der Waals surface area contributed by atoms with Gasteiger partial charge in [-0.1, -0.05) is 13.8 Å². The van der Waals surface area contributed by atoms with E-state index in [1.54, 1.807) is 31.4 Å². The predicted molar refractivity (Wildman–Crippen MR) is 60.7 cm³/mol. The molecule has 0 atom stereocenters. The van der Waals surface area contributed by atoms with Crippen LogP contribution in [0.2, 0.25) is 0 Å². The maximum Gasteiger partial charge on any atom is 0.0959 e. The molecule has 1 rings (SSSR count). The van der Waals surface area contributed by atoms with Crippen molar-refractivity contribution in [1.82, 2.24) is 4.98 Å². The first kappa shape index (κ1) is 11.7. The molecule has 3 heteroatoms. The van der Waals surface area contributed by atoms with Gasteiger partial charge in [0.2, 0.25) is 0 Å². The Hall–Kier alpha value is -0.410. The number of rotatable bonds is 4. The summed E-state index contributed by atoms with van der Waals surface area (Å²) in [5.41, 5.74) is -0.748. The molecule has 0 saturated carbocycles. The molecule has 0 amide bonds. The lowest BCUT2D eigenvalue weighted by atomic mass is 10.1. The first-order valence-electron chi connectivity index (χ1n) is 5.17. The quantitative estimate of drug-likeness (QED) is 0.832. The SMILES string of the molecule is CCC(CC)c1ncc(C(C)(C)O)s1. The van der Waals surface area contributed by atoms with E-state index in [9.17, 15) is 5.11 Å². The molecule has 0 bridgehead atoms. The minimum atomic E-state index is -0.748. The molecule has 0 aliphatic carbocycles. The number of thiazole rings is 1. The van der Waals surface area contributed by atoms with Gasteiger partial charge in [0, 0.05) is 12.1 Å². The summed E-state index contributed by atoms with van der Waals surface area (Å²) in [6.45, 7) is 7.97. The highest BCUT2D eigenvalue weighted by atomic mass is 32.1. The van der Waals surface area contributed by atoms with Gasteiger partial charge in [0.05, 0.1) is 15.5 Å². The van der Waals surface area contributed by atoms with E-state index < -0.39 is 5.60 Å². The van der Waals surface area contributed by atoms with Gasteiger partial charge in [0.15, 0.2) is 0 Å². The summed E-state index contributed by atoms with van der Waals surface area (Å²) in [6, 6.07) is 0. The van der Waals surface area contributed by atoms with Gasteiger partial charge in [-0.25, -0.2) is 4.98 Å². The molecule has 0 spiro atoms. The van der Waals surface area contributed by atoms with E-state index in [1.807, 2.05) is 0 Å². The van der Waals surface area contributed by atoms with E-state index in [1.165, 1.54) is 0 Å². The molecular weight excluding hydrogens is 194 g/mol. The zero-order valence-corrected chi connectivity index (χ0v) is 10.2. The summed E-state index contributed by atoms with van der Waals surface area (Å²) in [4.78, 5) is 5.34. The zero-order chi connectivity index (χ0) is 10.8. The summed E-state index contributed by atoms with van der Waals surface area (Å²) >= 11 is 1.64. The highest BCUT2D eigenvalue weighted by Crippen LogP contribution is 2.32. The largest absolute Gasteiger partial charge is 0.385 e. The van der Waals surface area contributed by atoms with Crippen molar-refractivity contribution in [3.63, 3.8) is 0 Å². The Bertz CT molecular complexity index is 284. The van der Waals surface area contributed by atoms with Crippen LogP contribution in [0.3, 0.4) is 0 Å². The lowest BCUT2D eigenvalue weighted by Crippen LogP contribution is -2.12. The fourth-order valence-electron chi connectivity index (χ4n) is 1.40. The van der Waals surface area contributed by atoms with Crippen molar-refractivity contribution in [2.45, 2.75) is 52.1 Å². The number of nitrogens with zero attached hydrogens (tertiary/aromatic N) is 1. The van der Waals surface area contributed by atoms with Crippen LogP contribution < -0.4 is 0 Å². The Morgan fingerprint density at radius 1 is 1.43 bits per heavy atom. The van der Waals surface area contributed by atoms with Gasteiger partial charge in [-0.2, -0.15) is 0 Å². The molecule has 80 valence electrons. The number of aromatic nitrogens is 1. The minimum Gasteiger partial charge on any atom is -0.385 e. The molecule has 2 nitrogen and oxygen atoms in total. The van der Waals surface area contributed by atoms with Gasteiger partial charge in [-0.3, -0.25) is 0 Å². The first-order valence-corrected chi connectivity index (χ1v) is 5.99. The van der Waals surface area contributed by atoms with Crippen LogP contribution in [0.1, 0.15) is 56.3 Å². The average Bonchev–Trinajstić information content (AvgIpc) is 2.54. The highest BCUT2D eigenvalue weighted by molar-refractivity contribution is 7.11. The van der Waals surface area contributed by atoms with Crippen LogP contribution in [0.25, 0.3) is 0 Å². The van der Waals surface area contributed by atoms with Crippen LogP contribution in [-0.2, 0) is 5.60 Å². The van der Waals surface area contributed by atoms with E-state index in [4.69, 9.17) is 0 Å².